The molecule has 3 N–H and O–H groups in total. The van der Waals surface area contributed by atoms with Gasteiger partial charge in [0, 0.05) is 18.5 Å². The standard InChI is InChI=1S/C17H23N3O2/c1-17(16(21)19-14-9-5-8-13(18)10-14)11-15(20-22-17)12-6-3-2-4-7-12/h2-4,6-7,13-14H,5,8-11,18H2,1H3,(H,19,21). The van der Waals surface area contributed by atoms with E-state index in [-0.39, 0.29) is 18.0 Å². The van der Waals surface area contributed by atoms with Crippen LogP contribution in [0, 0.1) is 0 Å². The van der Waals surface area contributed by atoms with Crippen molar-refractivity contribution in [3.63, 3.8) is 0 Å². The topological polar surface area (TPSA) is 76.7 Å². The summed E-state index contributed by atoms with van der Waals surface area (Å²) >= 11 is 0. The molecule has 1 amide bonds. The minimum Gasteiger partial charge on any atom is -0.379 e. The zero-order valence-electron chi connectivity index (χ0n) is 12.9. The second kappa shape index (κ2) is 6.08. The maximum atomic E-state index is 12.6. The molecule has 0 bridgehead atoms. The summed E-state index contributed by atoms with van der Waals surface area (Å²) in [4.78, 5) is 18.1. The summed E-state index contributed by atoms with van der Waals surface area (Å²) in [5.74, 6) is -0.0960. The van der Waals surface area contributed by atoms with Crippen LogP contribution >= 0.6 is 0 Å². The third kappa shape index (κ3) is 3.14. The molecule has 2 aliphatic rings. The van der Waals surface area contributed by atoms with Gasteiger partial charge in [-0.2, -0.15) is 0 Å². The number of oxime groups is 1. The lowest BCUT2D eigenvalue weighted by molar-refractivity contribution is -0.142. The third-order valence-corrected chi connectivity index (χ3v) is 4.50. The maximum Gasteiger partial charge on any atom is 0.267 e. The van der Waals surface area contributed by atoms with Gasteiger partial charge in [0.05, 0.1) is 5.71 Å². The first-order chi connectivity index (χ1) is 10.6. The lowest BCUT2D eigenvalue weighted by Crippen LogP contribution is -2.51. The van der Waals surface area contributed by atoms with Gasteiger partial charge in [0.15, 0.2) is 0 Å². The van der Waals surface area contributed by atoms with Crippen LogP contribution in [-0.2, 0) is 9.63 Å². The molecular weight excluding hydrogens is 278 g/mol. The van der Waals surface area contributed by atoms with E-state index in [9.17, 15) is 4.79 Å². The van der Waals surface area contributed by atoms with Crippen molar-refractivity contribution >= 4 is 11.6 Å². The second-order valence-electron chi connectivity index (χ2n) is 6.50. The van der Waals surface area contributed by atoms with Crippen LogP contribution in [0.3, 0.4) is 0 Å². The molecule has 1 saturated carbocycles. The SMILES string of the molecule is CC1(C(=O)NC2CCCC(N)C2)CC(c2ccccc2)=NO1. The quantitative estimate of drug-likeness (QED) is 0.896. The summed E-state index contributed by atoms with van der Waals surface area (Å²) < 4.78 is 0. The first kappa shape index (κ1) is 15.0. The Balaban J connectivity index is 1.62. The van der Waals surface area contributed by atoms with Crippen LogP contribution in [0.5, 0.6) is 0 Å². The molecule has 0 aromatic heterocycles. The van der Waals surface area contributed by atoms with Crippen LogP contribution in [-0.4, -0.2) is 29.3 Å². The molecule has 3 rings (SSSR count). The van der Waals surface area contributed by atoms with Gasteiger partial charge in [-0.15, -0.1) is 0 Å². The molecule has 1 aromatic carbocycles. The highest BCUT2D eigenvalue weighted by molar-refractivity contribution is 6.05. The summed E-state index contributed by atoms with van der Waals surface area (Å²) in [6, 6.07) is 10.2. The number of carbonyl (C=O) groups is 1. The Morgan fingerprint density at radius 1 is 1.36 bits per heavy atom. The summed E-state index contributed by atoms with van der Waals surface area (Å²) in [6.07, 6.45) is 4.43. The fourth-order valence-corrected chi connectivity index (χ4v) is 3.14. The Hall–Kier alpha value is -1.88. The number of benzene rings is 1. The van der Waals surface area contributed by atoms with Gasteiger partial charge in [-0.25, -0.2) is 0 Å². The summed E-state index contributed by atoms with van der Waals surface area (Å²) in [5, 5.41) is 7.21. The van der Waals surface area contributed by atoms with Gasteiger partial charge < -0.3 is 15.9 Å². The first-order valence-electron chi connectivity index (χ1n) is 7.94. The molecule has 118 valence electrons. The molecule has 0 radical (unpaired) electrons. The number of carbonyl (C=O) groups excluding carboxylic acids is 1. The van der Waals surface area contributed by atoms with Crippen molar-refractivity contribution in [2.24, 2.45) is 10.9 Å². The molecule has 22 heavy (non-hydrogen) atoms. The Morgan fingerprint density at radius 3 is 2.86 bits per heavy atom. The normalized spacial score (nSPS) is 31.3. The summed E-state index contributed by atoms with van der Waals surface area (Å²) in [7, 11) is 0. The zero-order chi connectivity index (χ0) is 15.6. The molecule has 3 unspecified atom stereocenters. The second-order valence-corrected chi connectivity index (χ2v) is 6.50. The van der Waals surface area contributed by atoms with Gasteiger partial charge in [-0.05, 0) is 38.2 Å². The lowest BCUT2D eigenvalue weighted by atomic mass is 9.90. The van der Waals surface area contributed by atoms with Crippen molar-refractivity contribution in [1.82, 2.24) is 5.32 Å². The highest BCUT2D eigenvalue weighted by atomic mass is 16.7. The number of nitrogens with zero attached hydrogens (tertiary/aromatic N) is 1. The van der Waals surface area contributed by atoms with Crippen LogP contribution in [0.1, 0.15) is 44.6 Å². The highest BCUT2D eigenvalue weighted by Crippen LogP contribution is 2.27. The van der Waals surface area contributed by atoms with Crippen molar-refractivity contribution in [1.29, 1.82) is 0 Å². The molecular formula is C17H23N3O2. The fourth-order valence-electron chi connectivity index (χ4n) is 3.14. The van der Waals surface area contributed by atoms with E-state index in [2.05, 4.69) is 10.5 Å². The van der Waals surface area contributed by atoms with Gasteiger partial charge in [-0.3, -0.25) is 4.79 Å². The van der Waals surface area contributed by atoms with Crippen molar-refractivity contribution in [3.8, 4) is 0 Å². The number of hydrogen-bond donors (Lipinski definition) is 2. The Morgan fingerprint density at radius 2 is 2.14 bits per heavy atom. The largest absolute Gasteiger partial charge is 0.379 e. The monoisotopic (exact) mass is 301 g/mol. The van der Waals surface area contributed by atoms with E-state index in [1.165, 1.54) is 0 Å². The van der Waals surface area contributed by atoms with E-state index in [1.54, 1.807) is 6.92 Å². The molecule has 1 aliphatic carbocycles. The molecule has 3 atom stereocenters. The van der Waals surface area contributed by atoms with E-state index in [4.69, 9.17) is 10.6 Å². The van der Waals surface area contributed by atoms with Crippen LogP contribution in [0.4, 0.5) is 0 Å². The predicted molar refractivity (Wildman–Crippen MR) is 85.5 cm³/mol. The number of amides is 1. The molecule has 0 saturated heterocycles. The molecule has 1 aromatic rings. The molecule has 5 heteroatoms. The van der Waals surface area contributed by atoms with Crippen LogP contribution in [0.15, 0.2) is 35.5 Å². The van der Waals surface area contributed by atoms with Crippen LogP contribution in [0.2, 0.25) is 0 Å². The van der Waals surface area contributed by atoms with Crippen molar-refractivity contribution in [2.75, 3.05) is 0 Å². The van der Waals surface area contributed by atoms with Crippen molar-refractivity contribution < 1.29 is 9.63 Å². The minimum absolute atomic E-state index is 0.0960. The van der Waals surface area contributed by atoms with Gasteiger partial charge in [-0.1, -0.05) is 35.5 Å². The van der Waals surface area contributed by atoms with Gasteiger partial charge in [0.1, 0.15) is 0 Å². The summed E-state index contributed by atoms with van der Waals surface area (Å²) in [6.45, 7) is 1.80. The van der Waals surface area contributed by atoms with E-state index in [0.29, 0.717) is 6.42 Å². The van der Waals surface area contributed by atoms with E-state index < -0.39 is 5.60 Å². The molecule has 1 aliphatic heterocycles. The number of nitrogens with two attached hydrogens (primary N) is 1. The average Bonchev–Trinajstić information content (AvgIpc) is 2.92. The fraction of sp³-hybridized carbons (Fsp3) is 0.529. The molecule has 1 heterocycles. The number of hydrogen-bond acceptors (Lipinski definition) is 4. The Labute approximate surface area is 130 Å². The van der Waals surface area contributed by atoms with Crippen LogP contribution in [0.25, 0.3) is 0 Å². The average molecular weight is 301 g/mol. The van der Waals surface area contributed by atoms with Gasteiger partial charge >= 0.3 is 0 Å². The summed E-state index contributed by atoms with van der Waals surface area (Å²) in [5.41, 5.74) is 6.87. The van der Waals surface area contributed by atoms with Gasteiger partial charge in [0.25, 0.3) is 5.91 Å². The minimum atomic E-state index is -0.924. The predicted octanol–water partition coefficient (Wildman–Crippen LogP) is 1.96. The highest BCUT2D eigenvalue weighted by Gasteiger charge is 2.43. The molecule has 1 fully saturated rings. The van der Waals surface area contributed by atoms with Crippen molar-refractivity contribution in [2.45, 2.75) is 56.7 Å². The Bertz CT molecular complexity index is 573. The van der Waals surface area contributed by atoms with E-state index >= 15 is 0 Å². The van der Waals surface area contributed by atoms with Crippen LogP contribution < -0.4 is 11.1 Å². The number of rotatable bonds is 3. The third-order valence-electron chi connectivity index (χ3n) is 4.50. The molecule has 5 nitrogen and oxygen atoms in total. The smallest absolute Gasteiger partial charge is 0.267 e. The Kier molecular flexibility index (Phi) is 4.16. The lowest BCUT2D eigenvalue weighted by Gasteiger charge is -2.30. The van der Waals surface area contributed by atoms with E-state index in [0.717, 1.165) is 37.0 Å². The number of nitrogens with one attached hydrogen (secondary N) is 1. The molecule has 0 spiro atoms. The maximum absolute atomic E-state index is 12.6. The zero-order valence-corrected chi connectivity index (χ0v) is 12.9. The van der Waals surface area contributed by atoms with Crippen molar-refractivity contribution in [3.05, 3.63) is 35.9 Å². The van der Waals surface area contributed by atoms with E-state index in [1.807, 2.05) is 30.3 Å². The first-order valence-corrected chi connectivity index (χ1v) is 7.94. The van der Waals surface area contributed by atoms with Gasteiger partial charge in [0.2, 0.25) is 5.60 Å².